The van der Waals surface area contributed by atoms with Gasteiger partial charge in [-0.15, -0.1) is 24.0 Å². The largest absolute Gasteiger partial charge is 0.352 e. The predicted molar refractivity (Wildman–Crippen MR) is 126 cm³/mol. The van der Waals surface area contributed by atoms with E-state index >= 15 is 0 Å². The van der Waals surface area contributed by atoms with Crippen molar-refractivity contribution in [2.75, 3.05) is 28.2 Å². The number of sulfonamides is 1. The average molecular weight is 516 g/mol. The lowest BCUT2D eigenvalue weighted by Crippen LogP contribution is -2.38. The number of aryl methyl sites for hydroxylation is 1. The van der Waals surface area contributed by atoms with Crippen LogP contribution in [-0.4, -0.2) is 51.8 Å². The molecule has 1 N–H and O–H groups in total. The molecule has 28 heavy (non-hydrogen) atoms. The fourth-order valence-electron chi connectivity index (χ4n) is 2.78. The summed E-state index contributed by atoms with van der Waals surface area (Å²) in [5, 5.41) is 3.27. The van der Waals surface area contributed by atoms with E-state index < -0.39 is 10.0 Å². The Balaban J connectivity index is 0.00000392. The molecule has 2 aromatic carbocycles. The van der Waals surface area contributed by atoms with Crippen molar-refractivity contribution in [3.05, 3.63) is 65.2 Å². The molecule has 8 heteroatoms. The Kier molecular flexibility index (Phi) is 9.38. The maximum absolute atomic E-state index is 12.5. The number of rotatable bonds is 6. The molecule has 0 fully saturated rings. The number of guanidine groups is 1. The highest BCUT2D eigenvalue weighted by Gasteiger charge is 2.20. The first-order valence-electron chi connectivity index (χ1n) is 8.74. The quantitative estimate of drug-likeness (QED) is 0.364. The highest BCUT2D eigenvalue weighted by Crippen LogP contribution is 2.18. The zero-order valence-corrected chi connectivity index (χ0v) is 20.2. The molecule has 154 valence electrons. The van der Waals surface area contributed by atoms with E-state index in [-0.39, 0.29) is 24.0 Å². The molecule has 0 amide bonds. The monoisotopic (exact) mass is 516 g/mol. The van der Waals surface area contributed by atoms with Crippen molar-refractivity contribution in [2.45, 2.75) is 24.9 Å². The van der Waals surface area contributed by atoms with Gasteiger partial charge in [-0.2, -0.15) is 0 Å². The molecule has 0 radical (unpaired) electrons. The van der Waals surface area contributed by atoms with Crippen LogP contribution in [0.25, 0.3) is 0 Å². The second-order valence-electron chi connectivity index (χ2n) is 6.58. The molecule has 6 nitrogen and oxygen atoms in total. The summed E-state index contributed by atoms with van der Waals surface area (Å²) in [6.45, 7) is 3.17. The Morgan fingerprint density at radius 2 is 1.57 bits per heavy atom. The summed E-state index contributed by atoms with van der Waals surface area (Å²) in [7, 11) is 3.26. The van der Waals surface area contributed by atoms with Crippen molar-refractivity contribution in [2.24, 2.45) is 4.99 Å². The van der Waals surface area contributed by atoms with Crippen LogP contribution < -0.4 is 5.32 Å². The van der Waals surface area contributed by atoms with Gasteiger partial charge in [-0.25, -0.2) is 12.7 Å². The predicted octanol–water partition coefficient (Wildman–Crippen LogP) is 3.07. The lowest BCUT2D eigenvalue weighted by atomic mass is 10.1. The summed E-state index contributed by atoms with van der Waals surface area (Å²) in [4.78, 5) is 6.65. The summed E-state index contributed by atoms with van der Waals surface area (Å²) in [6.07, 6.45) is 0. The van der Waals surface area contributed by atoms with E-state index in [0.717, 1.165) is 0 Å². The van der Waals surface area contributed by atoms with Crippen LogP contribution in [0.2, 0.25) is 0 Å². The second-order valence-corrected chi connectivity index (χ2v) is 8.70. The van der Waals surface area contributed by atoms with Crippen molar-refractivity contribution in [1.82, 2.24) is 14.5 Å². The third-order valence-electron chi connectivity index (χ3n) is 4.41. The van der Waals surface area contributed by atoms with Crippen molar-refractivity contribution < 1.29 is 8.42 Å². The van der Waals surface area contributed by atoms with Gasteiger partial charge in [0.1, 0.15) is 0 Å². The van der Waals surface area contributed by atoms with Gasteiger partial charge in [-0.3, -0.25) is 4.99 Å². The van der Waals surface area contributed by atoms with Crippen molar-refractivity contribution >= 4 is 40.0 Å². The molecule has 2 rings (SSSR count). The first-order valence-corrected chi connectivity index (χ1v) is 10.2. The molecular formula is C20H29IN4O2S. The van der Waals surface area contributed by atoms with E-state index in [2.05, 4.69) is 29.4 Å². The molecule has 0 bridgehead atoms. The smallest absolute Gasteiger partial charge is 0.242 e. The van der Waals surface area contributed by atoms with Gasteiger partial charge in [-0.1, -0.05) is 42.5 Å². The number of hydrogen-bond donors (Lipinski definition) is 1. The third-order valence-corrected chi connectivity index (χ3v) is 6.33. The zero-order chi connectivity index (χ0) is 20.0. The molecule has 0 atom stereocenters. The number of halogens is 1. The van der Waals surface area contributed by atoms with Gasteiger partial charge in [0.25, 0.3) is 0 Å². The van der Waals surface area contributed by atoms with Crippen molar-refractivity contribution in [1.29, 1.82) is 0 Å². The Bertz CT molecular complexity index is 914. The maximum Gasteiger partial charge on any atom is 0.242 e. The van der Waals surface area contributed by atoms with E-state index in [1.54, 1.807) is 19.2 Å². The van der Waals surface area contributed by atoms with Crippen LogP contribution in [0, 0.1) is 6.92 Å². The second kappa shape index (κ2) is 10.8. The molecule has 0 saturated carbocycles. The fraction of sp³-hybridized carbons (Fsp3) is 0.350. The topological polar surface area (TPSA) is 65.0 Å². The van der Waals surface area contributed by atoms with Gasteiger partial charge in [0.15, 0.2) is 5.96 Å². The maximum atomic E-state index is 12.5. The molecule has 0 aliphatic carbocycles. The van der Waals surface area contributed by atoms with Crippen LogP contribution in [0.4, 0.5) is 0 Å². The van der Waals surface area contributed by atoms with Gasteiger partial charge < -0.3 is 10.2 Å². The molecule has 0 saturated heterocycles. The summed E-state index contributed by atoms with van der Waals surface area (Å²) < 4.78 is 26.3. The lowest BCUT2D eigenvalue weighted by Gasteiger charge is -2.23. The number of hydrogen-bond acceptors (Lipinski definition) is 3. The summed E-state index contributed by atoms with van der Waals surface area (Å²) in [5.74, 6) is 0.704. The third kappa shape index (κ3) is 5.92. The van der Waals surface area contributed by atoms with Gasteiger partial charge in [-0.05, 0) is 29.7 Å². The fourth-order valence-corrected chi connectivity index (χ4v) is 3.89. The van der Waals surface area contributed by atoms with E-state index in [9.17, 15) is 8.42 Å². The van der Waals surface area contributed by atoms with Crippen LogP contribution in [0.5, 0.6) is 0 Å². The molecule has 0 heterocycles. The zero-order valence-electron chi connectivity index (χ0n) is 17.0. The van der Waals surface area contributed by atoms with E-state index in [4.69, 9.17) is 0 Å². The highest BCUT2D eigenvalue weighted by atomic mass is 127. The Morgan fingerprint density at radius 1 is 1.00 bits per heavy atom. The molecule has 0 unspecified atom stereocenters. The van der Waals surface area contributed by atoms with Crippen LogP contribution in [0.15, 0.2) is 58.4 Å². The standard InChI is InChI=1S/C20H28N4O2S.HI/c1-16-10-6-7-12-18(16)15-24(5)20(21-2)22-14-17-11-8-9-13-19(17)27(25,26)23(3)4;/h6-13H,14-15H2,1-5H3,(H,21,22);1H. The summed E-state index contributed by atoms with van der Waals surface area (Å²) in [6, 6.07) is 15.2. The van der Waals surface area contributed by atoms with E-state index in [1.165, 1.54) is 29.5 Å². The number of aliphatic imine (C=N–C) groups is 1. The first-order chi connectivity index (χ1) is 12.8. The molecule has 0 aromatic heterocycles. The minimum absolute atomic E-state index is 0. The molecule has 0 aliphatic rings. The van der Waals surface area contributed by atoms with Crippen molar-refractivity contribution in [3.8, 4) is 0 Å². The molecular weight excluding hydrogens is 487 g/mol. The van der Waals surface area contributed by atoms with Gasteiger partial charge >= 0.3 is 0 Å². The van der Waals surface area contributed by atoms with E-state index in [0.29, 0.717) is 29.5 Å². The van der Waals surface area contributed by atoms with Gasteiger partial charge in [0.05, 0.1) is 4.90 Å². The summed E-state index contributed by atoms with van der Waals surface area (Å²) in [5.41, 5.74) is 3.15. The number of nitrogens with zero attached hydrogens (tertiary/aromatic N) is 3. The Labute approximate surface area is 185 Å². The SMILES string of the molecule is CN=C(NCc1ccccc1S(=O)(=O)N(C)C)N(C)Cc1ccccc1C.I. The van der Waals surface area contributed by atoms with Crippen LogP contribution in [-0.2, 0) is 23.1 Å². The molecule has 0 spiro atoms. The Hall–Kier alpha value is -1.65. The van der Waals surface area contributed by atoms with Crippen LogP contribution >= 0.6 is 24.0 Å². The lowest BCUT2D eigenvalue weighted by molar-refractivity contribution is 0.474. The minimum Gasteiger partial charge on any atom is -0.352 e. The van der Waals surface area contributed by atoms with Crippen LogP contribution in [0.3, 0.4) is 0 Å². The normalized spacial score (nSPS) is 11.9. The average Bonchev–Trinajstić information content (AvgIpc) is 2.64. The summed E-state index contributed by atoms with van der Waals surface area (Å²) >= 11 is 0. The van der Waals surface area contributed by atoms with E-state index in [1.807, 2.05) is 36.2 Å². The van der Waals surface area contributed by atoms with Gasteiger partial charge in [0, 0.05) is 41.3 Å². The Morgan fingerprint density at radius 3 is 2.14 bits per heavy atom. The first kappa shape index (κ1) is 24.4. The van der Waals surface area contributed by atoms with Gasteiger partial charge in [0.2, 0.25) is 10.0 Å². The number of nitrogens with one attached hydrogen (secondary N) is 1. The molecule has 2 aromatic rings. The minimum atomic E-state index is -3.50. The number of benzene rings is 2. The van der Waals surface area contributed by atoms with Crippen LogP contribution in [0.1, 0.15) is 16.7 Å². The highest BCUT2D eigenvalue weighted by molar-refractivity contribution is 14.0. The van der Waals surface area contributed by atoms with Crippen molar-refractivity contribution in [3.63, 3.8) is 0 Å². The molecule has 0 aliphatic heterocycles.